The van der Waals surface area contributed by atoms with Crippen LogP contribution in [0.3, 0.4) is 0 Å². The van der Waals surface area contributed by atoms with Crippen LogP contribution in [0.4, 0.5) is 0 Å². The molecule has 0 bridgehead atoms. The molecular weight excluding hydrogens is 312 g/mol. The average molecular weight is 349 g/mol. The fraction of sp³-hybridized carbons (Fsp3) is 0.667. The van der Waals surface area contributed by atoms with Crippen molar-refractivity contribution in [3.8, 4) is 5.75 Å². The molecule has 1 aromatic carbocycles. The molecule has 0 atom stereocenters. The topological polar surface area (TPSA) is 75.4 Å². The third kappa shape index (κ3) is 4.55. The van der Waals surface area contributed by atoms with E-state index >= 15 is 0 Å². The predicted molar refractivity (Wildman–Crippen MR) is 104 cm³/mol. The Bertz CT molecular complexity index is 575. The Morgan fingerprint density at radius 1 is 1.04 bits per heavy atom. The van der Waals surface area contributed by atoms with Crippen LogP contribution in [-0.2, 0) is 22.0 Å². The van der Waals surface area contributed by atoms with Crippen molar-refractivity contribution < 1.29 is 9.90 Å². The zero-order chi connectivity index (χ0) is 19.6. The van der Waals surface area contributed by atoms with Gasteiger partial charge in [0.1, 0.15) is 5.75 Å². The van der Waals surface area contributed by atoms with Gasteiger partial charge in [0.25, 0.3) is 0 Å². The van der Waals surface area contributed by atoms with Crippen LogP contribution in [0.15, 0.2) is 12.1 Å². The second-order valence-corrected chi connectivity index (χ2v) is 8.86. The molecule has 0 aliphatic heterocycles. The van der Waals surface area contributed by atoms with Gasteiger partial charge >= 0.3 is 0 Å². The van der Waals surface area contributed by atoms with Crippen LogP contribution in [-0.4, -0.2) is 11.0 Å². The second-order valence-electron chi connectivity index (χ2n) is 8.86. The van der Waals surface area contributed by atoms with Crippen LogP contribution in [0.25, 0.3) is 0 Å². The number of benzene rings is 1. The summed E-state index contributed by atoms with van der Waals surface area (Å²) in [5.74, 6) is 6.16. The molecule has 0 saturated carbocycles. The molecule has 1 aromatic rings. The maximum absolute atomic E-state index is 11.5. The molecule has 4 heteroatoms. The fourth-order valence-corrected chi connectivity index (χ4v) is 2.77. The first-order valence-corrected chi connectivity index (χ1v) is 9.21. The smallest absolute Gasteiger partial charge is 0.234 e. The van der Waals surface area contributed by atoms with Gasteiger partial charge in [-0.05, 0) is 34.7 Å². The molecule has 1 rings (SSSR count). The maximum Gasteiger partial charge on any atom is 0.234 e. The number of rotatable bonds is 7. The molecule has 25 heavy (non-hydrogen) atoms. The number of phenols is 1. The van der Waals surface area contributed by atoms with E-state index in [2.05, 4.69) is 72.9 Å². The van der Waals surface area contributed by atoms with Gasteiger partial charge in [0, 0.05) is 17.5 Å². The number of phenolic OH excluding ortho intramolecular Hbond substituents is 1. The van der Waals surface area contributed by atoms with Crippen molar-refractivity contribution in [2.75, 3.05) is 0 Å². The Kier molecular flexibility index (Phi) is 6.68. The largest absolute Gasteiger partial charge is 0.507 e. The highest BCUT2D eigenvalue weighted by Crippen LogP contribution is 2.45. The molecule has 0 heterocycles. The third-order valence-corrected chi connectivity index (χ3v) is 6.25. The summed E-state index contributed by atoms with van der Waals surface area (Å²) in [5, 5.41) is 11.1. The average Bonchev–Trinajstić information content (AvgIpc) is 2.52. The number of hydrazine groups is 1. The normalized spacial score (nSPS) is 12.8. The van der Waals surface area contributed by atoms with Crippen LogP contribution in [0.1, 0.15) is 78.5 Å². The van der Waals surface area contributed by atoms with E-state index in [0.717, 1.165) is 16.7 Å². The van der Waals surface area contributed by atoms with Gasteiger partial charge in [-0.15, -0.1) is 0 Å². The highest BCUT2D eigenvalue weighted by atomic mass is 16.3. The predicted octanol–water partition coefficient (Wildman–Crippen LogP) is 4.18. The standard InChI is InChI=1S/C21H36N2O2/c1-13(2)20(5,6)16-11-15(9-10-18(24)23-22)12-17(19(16)25)21(7,8)14(3)4/h11-14,25H,9-10,22H2,1-8H3,(H,23,24). The van der Waals surface area contributed by atoms with Crippen molar-refractivity contribution in [2.24, 2.45) is 17.7 Å². The summed E-state index contributed by atoms with van der Waals surface area (Å²) in [6.07, 6.45) is 0.941. The van der Waals surface area contributed by atoms with Crippen LogP contribution in [0, 0.1) is 11.8 Å². The van der Waals surface area contributed by atoms with E-state index in [1.165, 1.54) is 0 Å². The van der Waals surface area contributed by atoms with Gasteiger partial charge in [0.15, 0.2) is 0 Å². The lowest BCUT2D eigenvalue weighted by Crippen LogP contribution is -2.30. The Hall–Kier alpha value is -1.55. The molecule has 0 fully saturated rings. The first kappa shape index (κ1) is 21.5. The van der Waals surface area contributed by atoms with Crippen molar-refractivity contribution in [2.45, 2.75) is 79.1 Å². The molecule has 0 radical (unpaired) electrons. The second kappa shape index (κ2) is 7.77. The number of carbonyl (C=O) groups excluding carboxylic acids is 1. The molecular formula is C21H36N2O2. The molecule has 1 amide bonds. The highest BCUT2D eigenvalue weighted by Gasteiger charge is 2.34. The number of amides is 1. The van der Waals surface area contributed by atoms with Gasteiger partial charge < -0.3 is 5.11 Å². The summed E-state index contributed by atoms with van der Waals surface area (Å²) in [4.78, 5) is 11.5. The molecule has 4 nitrogen and oxygen atoms in total. The molecule has 0 aliphatic rings. The molecule has 0 unspecified atom stereocenters. The molecule has 4 N–H and O–H groups in total. The lowest BCUT2D eigenvalue weighted by Gasteiger charge is -2.36. The summed E-state index contributed by atoms with van der Waals surface area (Å²) in [5.41, 5.74) is 4.82. The molecule has 0 saturated heterocycles. The lowest BCUT2D eigenvalue weighted by molar-refractivity contribution is -0.121. The monoisotopic (exact) mass is 348 g/mol. The van der Waals surface area contributed by atoms with Crippen molar-refractivity contribution in [3.05, 3.63) is 28.8 Å². The minimum atomic E-state index is -0.178. The van der Waals surface area contributed by atoms with Gasteiger partial charge in [0.05, 0.1) is 0 Å². The number of hydrogen-bond donors (Lipinski definition) is 3. The molecule has 0 aliphatic carbocycles. The van der Waals surface area contributed by atoms with Gasteiger partial charge in [0.2, 0.25) is 5.91 Å². The summed E-state index contributed by atoms with van der Waals surface area (Å²) in [7, 11) is 0. The summed E-state index contributed by atoms with van der Waals surface area (Å²) in [6.45, 7) is 17.3. The van der Waals surface area contributed by atoms with E-state index in [1.807, 2.05) is 0 Å². The first-order chi connectivity index (χ1) is 11.4. The van der Waals surface area contributed by atoms with E-state index in [1.54, 1.807) is 0 Å². The van der Waals surface area contributed by atoms with Crippen LogP contribution >= 0.6 is 0 Å². The quantitative estimate of drug-likeness (QED) is 0.393. The third-order valence-electron chi connectivity index (χ3n) is 6.25. The van der Waals surface area contributed by atoms with Crippen molar-refractivity contribution in [3.63, 3.8) is 0 Å². The lowest BCUT2D eigenvalue weighted by atomic mass is 9.69. The van der Waals surface area contributed by atoms with Crippen molar-refractivity contribution in [1.29, 1.82) is 0 Å². The summed E-state index contributed by atoms with van der Waals surface area (Å²) >= 11 is 0. The minimum absolute atomic E-state index is 0.169. The SMILES string of the molecule is CC(C)C(C)(C)c1cc(CCC(=O)NN)cc(C(C)(C)C(C)C)c1O. The van der Waals surface area contributed by atoms with E-state index in [0.29, 0.717) is 30.4 Å². The molecule has 0 aromatic heterocycles. The number of nitrogens with two attached hydrogens (primary N) is 1. The van der Waals surface area contributed by atoms with Crippen molar-refractivity contribution >= 4 is 5.91 Å². The number of nitrogens with one attached hydrogen (secondary N) is 1. The summed E-state index contributed by atoms with van der Waals surface area (Å²) < 4.78 is 0. The maximum atomic E-state index is 11.5. The number of carbonyl (C=O) groups is 1. The van der Waals surface area contributed by atoms with Gasteiger partial charge in [-0.3, -0.25) is 10.2 Å². The minimum Gasteiger partial charge on any atom is -0.507 e. The van der Waals surface area contributed by atoms with Gasteiger partial charge in [-0.25, -0.2) is 5.84 Å². The zero-order valence-electron chi connectivity index (χ0n) is 17.2. The Morgan fingerprint density at radius 2 is 1.44 bits per heavy atom. The van der Waals surface area contributed by atoms with Gasteiger partial charge in [-0.1, -0.05) is 67.5 Å². The fourth-order valence-electron chi connectivity index (χ4n) is 2.77. The van der Waals surface area contributed by atoms with E-state index in [4.69, 9.17) is 5.84 Å². The Labute approximate surface area is 153 Å². The van der Waals surface area contributed by atoms with Crippen LogP contribution in [0.2, 0.25) is 0 Å². The molecule has 0 spiro atoms. The van der Waals surface area contributed by atoms with Crippen molar-refractivity contribution in [1.82, 2.24) is 5.43 Å². The van der Waals surface area contributed by atoms with E-state index in [-0.39, 0.29) is 16.7 Å². The number of aromatic hydroxyl groups is 1. The highest BCUT2D eigenvalue weighted by molar-refractivity contribution is 5.75. The van der Waals surface area contributed by atoms with E-state index in [9.17, 15) is 9.90 Å². The van der Waals surface area contributed by atoms with Crippen LogP contribution < -0.4 is 11.3 Å². The van der Waals surface area contributed by atoms with Gasteiger partial charge in [-0.2, -0.15) is 0 Å². The zero-order valence-corrected chi connectivity index (χ0v) is 17.2. The first-order valence-electron chi connectivity index (χ1n) is 9.21. The number of hydrogen-bond acceptors (Lipinski definition) is 3. The molecule has 142 valence electrons. The van der Waals surface area contributed by atoms with E-state index < -0.39 is 0 Å². The summed E-state index contributed by atoms with van der Waals surface area (Å²) in [6, 6.07) is 4.11. The van der Waals surface area contributed by atoms with Crippen LogP contribution in [0.5, 0.6) is 5.75 Å². The Morgan fingerprint density at radius 3 is 1.76 bits per heavy atom. The number of aryl methyl sites for hydroxylation is 1. The Balaban J connectivity index is 3.54.